The minimum atomic E-state index is 1.10. The molecule has 0 amide bonds. The van der Waals surface area contributed by atoms with E-state index in [1.807, 2.05) is 0 Å². The highest BCUT2D eigenvalue weighted by atomic mass is 14.2. The van der Waals surface area contributed by atoms with Crippen LogP contribution in [0.5, 0.6) is 0 Å². The molecular formula is C14H12. The first-order valence-corrected chi connectivity index (χ1v) is 5.04. The molecule has 0 atom stereocenters. The normalized spacial score (nSPS) is 14.2. The summed E-state index contributed by atoms with van der Waals surface area (Å²) in [5, 5.41) is 2.75. The molecule has 0 bridgehead atoms. The van der Waals surface area contributed by atoms with Gasteiger partial charge in [-0.15, -0.1) is 0 Å². The molecule has 1 aliphatic rings. The van der Waals surface area contributed by atoms with Crippen molar-refractivity contribution in [2.45, 2.75) is 13.3 Å². The van der Waals surface area contributed by atoms with Crippen LogP contribution in [0.4, 0.5) is 0 Å². The molecule has 0 saturated carbocycles. The fourth-order valence-corrected chi connectivity index (χ4v) is 2.32. The zero-order valence-electron chi connectivity index (χ0n) is 8.25. The van der Waals surface area contributed by atoms with Gasteiger partial charge in [-0.3, -0.25) is 0 Å². The van der Waals surface area contributed by atoms with Gasteiger partial charge in [-0.05, 0) is 40.8 Å². The Kier molecular flexibility index (Phi) is 1.51. The molecule has 0 heterocycles. The summed E-state index contributed by atoms with van der Waals surface area (Å²) in [6, 6.07) is 13.1. The monoisotopic (exact) mass is 180 g/mol. The van der Waals surface area contributed by atoms with Gasteiger partial charge in [0.25, 0.3) is 0 Å². The molecule has 0 nitrogen and oxygen atoms in total. The average molecular weight is 180 g/mol. The molecule has 0 spiro atoms. The second-order valence-electron chi connectivity index (χ2n) is 3.91. The molecule has 0 heteroatoms. The molecular weight excluding hydrogens is 168 g/mol. The van der Waals surface area contributed by atoms with Crippen LogP contribution in [-0.2, 0) is 6.42 Å². The van der Waals surface area contributed by atoms with Crippen LogP contribution >= 0.6 is 0 Å². The molecule has 0 saturated heterocycles. The van der Waals surface area contributed by atoms with E-state index in [4.69, 9.17) is 0 Å². The second kappa shape index (κ2) is 2.71. The lowest BCUT2D eigenvalue weighted by Gasteiger charge is -2.06. The van der Waals surface area contributed by atoms with E-state index in [0.717, 1.165) is 6.42 Å². The lowest BCUT2D eigenvalue weighted by atomic mass is 9.98. The van der Waals surface area contributed by atoms with Gasteiger partial charge in [-0.2, -0.15) is 0 Å². The van der Waals surface area contributed by atoms with Gasteiger partial charge in [0.15, 0.2) is 0 Å². The number of hydrogen-bond acceptors (Lipinski definition) is 0. The third kappa shape index (κ3) is 0.941. The lowest BCUT2D eigenvalue weighted by Crippen LogP contribution is -1.85. The number of rotatable bonds is 0. The van der Waals surface area contributed by atoms with Gasteiger partial charge in [0.2, 0.25) is 0 Å². The lowest BCUT2D eigenvalue weighted by molar-refractivity contribution is 1.32. The van der Waals surface area contributed by atoms with E-state index in [0.29, 0.717) is 0 Å². The van der Waals surface area contributed by atoms with Crippen LogP contribution in [0, 0.1) is 0 Å². The standard InChI is InChI=1S/C14H12/c1-10-6-7-12-9-8-11-4-2-3-5-13(11)14(10)12/h2-6,8-9H,7H2,1H3. The maximum Gasteiger partial charge on any atom is -0.00852 e. The zero-order valence-corrected chi connectivity index (χ0v) is 8.25. The van der Waals surface area contributed by atoms with Crippen LogP contribution in [0.2, 0.25) is 0 Å². The fraction of sp³-hybridized carbons (Fsp3) is 0.143. The Bertz CT molecular complexity index is 533. The fourth-order valence-electron chi connectivity index (χ4n) is 2.32. The largest absolute Gasteiger partial charge is 0.0765 e. The maximum atomic E-state index is 2.32. The van der Waals surface area contributed by atoms with E-state index in [1.165, 1.54) is 27.5 Å². The Morgan fingerprint density at radius 2 is 1.86 bits per heavy atom. The molecule has 0 aliphatic heterocycles. The second-order valence-corrected chi connectivity index (χ2v) is 3.91. The number of hydrogen-bond donors (Lipinski definition) is 0. The van der Waals surface area contributed by atoms with Crippen molar-refractivity contribution in [1.29, 1.82) is 0 Å². The highest BCUT2D eigenvalue weighted by Gasteiger charge is 2.12. The van der Waals surface area contributed by atoms with Gasteiger partial charge in [0.1, 0.15) is 0 Å². The number of allylic oxidation sites excluding steroid dienone is 2. The molecule has 0 unspecified atom stereocenters. The van der Waals surface area contributed by atoms with Crippen LogP contribution < -0.4 is 0 Å². The van der Waals surface area contributed by atoms with Gasteiger partial charge >= 0.3 is 0 Å². The van der Waals surface area contributed by atoms with E-state index in [-0.39, 0.29) is 0 Å². The van der Waals surface area contributed by atoms with Gasteiger partial charge in [0.05, 0.1) is 0 Å². The first-order chi connectivity index (χ1) is 6.86. The zero-order chi connectivity index (χ0) is 9.54. The molecule has 0 fully saturated rings. The van der Waals surface area contributed by atoms with Crippen LogP contribution in [0.25, 0.3) is 16.3 Å². The highest BCUT2D eigenvalue weighted by molar-refractivity contribution is 5.96. The van der Waals surface area contributed by atoms with E-state index < -0.39 is 0 Å². The maximum absolute atomic E-state index is 2.32. The summed E-state index contributed by atoms with van der Waals surface area (Å²) in [7, 11) is 0. The van der Waals surface area contributed by atoms with E-state index in [2.05, 4.69) is 49.4 Å². The molecule has 0 N–H and O–H groups in total. The van der Waals surface area contributed by atoms with Gasteiger partial charge in [-0.1, -0.05) is 42.5 Å². The first kappa shape index (κ1) is 7.81. The van der Waals surface area contributed by atoms with Crippen molar-refractivity contribution in [3.8, 4) is 0 Å². The molecule has 2 aromatic carbocycles. The van der Waals surface area contributed by atoms with Crippen LogP contribution in [0.15, 0.2) is 42.5 Å². The minimum Gasteiger partial charge on any atom is -0.0765 e. The van der Waals surface area contributed by atoms with Crippen molar-refractivity contribution in [3.63, 3.8) is 0 Å². The SMILES string of the molecule is CC1=CCc2ccc3ccccc3c21. The number of fused-ring (bicyclic) bond motifs is 3. The summed E-state index contributed by atoms with van der Waals surface area (Å²) >= 11 is 0. The first-order valence-electron chi connectivity index (χ1n) is 5.04. The molecule has 1 aliphatic carbocycles. The van der Waals surface area contributed by atoms with E-state index in [1.54, 1.807) is 0 Å². The van der Waals surface area contributed by atoms with Crippen molar-refractivity contribution in [2.75, 3.05) is 0 Å². The Morgan fingerprint density at radius 3 is 2.79 bits per heavy atom. The van der Waals surface area contributed by atoms with Crippen molar-refractivity contribution < 1.29 is 0 Å². The Morgan fingerprint density at radius 1 is 1.00 bits per heavy atom. The third-order valence-electron chi connectivity index (χ3n) is 3.04. The summed E-state index contributed by atoms with van der Waals surface area (Å²) in [5.41, 5.74) is 4.36. The Hall–Kier alpha value is -1.56. The molecule has 68 valence electrons. The van der Waals surface area contributed by atoms with Gasteiger partial charge in [-0.25, -0.2) is 0 Å². The highest BCUT2D eigenvalue weighted by Crippen LogP contribution is 2.33. The van der Waals surface area contributed by atoms with Gasteiger partial charge < -0.3 is 0 Å². The predicted molar refractivity (Wildman–Crippen MR) is 61.3 cm³/mol. The summed E-state index contributed by atoms with van der Waals surface area (Å²) < 4.78 is 0. The van der Waals surface area contributed by atoms with Crippen molar-refractivity contribution in [2.24, 2.45) is 0 Å². The quantitative estimate of drug-likeness (QED) is 0.578. The van der Waals surface area contributed by atoms with Crippen LogP contribution in [-0.4, -0.2) is 0 Å². The van der Waals surface area contributed by atoms with Crippen molar-refractivity contribution in [3.05, 3.63) is 53.6 Å². The van der Waals surface area contributed by atoms with Gasteiger partial charge in [0, 0.05) is 0 Å². The van der Waals surface area contributed by atoms with Crippen molar-refractivity contribution in [1.82, 2.24) is 0 Å². The summed E-state index contributed by atoms with van der Waals surface area (Å²) in [5.74, 6) is 0. The minimum absolute atomic E-state index is 1.10. The van der Waals surface area contributed by atoms with E-state index in [9.17, 15) is 0 Å². The summed E-state index contributed by atoms with van der Waals surface area (Å²) in [4.78, 5) is 0. The van der Waals surface area contributed by atoms with Crippen molar-refractivity contribution >= 4 is 16.3 Å². The van der Waals surface area contributed by atoms with E-state index >= 15 is 0 Å². The summed E-state index contributed by atoms with van der Waals surface area (Å²) in [6.45, 7) is 2.21. The Balaban J connectivity index is 2.47. The van der Waals surface area contributed by atoms with Crippen LogP contribution in [0.1, 0.15) is 18.1 Å². The average Bonchev–Trinajstić information content (AvgIpc) is 2.61. The molecule has 14 heavy (non-hydrogen) atoms. The topological polar surface area (TPSA) is 0 Å². The summed E-state index contributed by atoms with van der Waals surface area (Å²) in [6.07, 6.45) is 3.42. The Labute approximate surface area is 83.9 Å². The molecule has 2 aromatic rings. The molecule has 0 aromatic heterocycles. The smallest absolute Gasteiger partial charge is 0.00852 e. The molecule has 3 rings (SSSR count). The van der Waals surface area contributed by atoms with Crippen LogP contribution in [0.3, 0.4) is 0 Å². The number of benzene rings is 2. The molecule has 0 radical (unpaired) electrons. The third-order valence-corrected chi connectivity index (χ3v) is 3.04. The predicted octanol–water partition coefficient (Wildman–Crippen LogP) is 3.80.